The first-order chi connectivity index (χ1) is 18.4. The number of halogens is 1. The second kappa shape index (κ2) is 14.1. The second-order valence-electron chi connectivity index (χ2n) is 7.87. The Balaban J connectivity index is 0.00000195. The Bertz CT molecular complexity index is 1190. The van der Waals surface area contributed by atoms with E-state index < -0.39 is 31.3 Å². The maximum atomic E-state index is 15.4. The van der Waals surface area contributed by atoms with Crippen molar-refractivity contribution in [1.82, 2.24) is 10.3 Å². The first kappa shape index (κ1) is 28.7. The summed E-state index contributed by atoms with van der Waals surface area (Å²) in [5.41, 5.74) is 1.53. The van der Waals surface area contributed by atoms with Gasteiger partial charge in [0.2, 0.25) is 0 Å². The zero-order valence-corrected chi connectivity index (χ0v) is 21.9. The van der Waals surface area contributed by atoms with Gasteiger partial charge in [-0.25, -0.2) is 9.59 Å². The number of rotatable bonds is 12. The van der Waals surface area contributed by atoms with Gasteiger partial charge in [0.1, 0.15) is 16.9 Å². The van der Waals surface area contributed by atoms with E-state index in [1.54, 1.807) is 24.4 Å². The second-order valence-corrected chi connectivity index (χ2v) is 8.99. The number of hydrogen-bond acceptors (Lipinski definition) is 9. The van der Waals surface area contributed by atoms with Crippen LogP contribution in [-0.2, 0) is 22.6 Å². The summed E-state index contributed by atoms with van der Waals surface area (Å²) in [6.07, 6.45) is 3.07. The van der Waals surface area contributed by atoms with Gasteiger partial charge in [0.25, 0.3) is 0 Å². The van der Waals surface area contributed by atoms with Crippen molar-refractivity contribution in [3.8, 4) is 17.2 Å². The highest BCUT2D eigenvalue weighted by molar-refractivity contribution is 7.16. The lowest BCUT2D eigenvalue weighted by atomic mass is 10.1. The third-order valence-corrected chi connectivity index (χ3v) is 6.49. The molecule has 0 saturated carbocycles. The van der Waals surface area contributed by atoms with Crippen LogP contribution < -0.4 is 24.6 Å². The van der Waals surface area contributed by atoms with E-state index in [-0.39, 0.29) is 18.0 Å². The molecule has 204 valence electrons. The number of carboxylic acid groups (broad SMARTS) is 2. The normalized spacial score (nSPS) is 12.8. The number of ether oxygens (including phenoxy) is 3. The number of fused-ring (bicyclic) bond motifs is 1. The van der Waals surface area contributed by atoms with Crippen LogP contribution >= 0.6 is 11.3 Å². The predicted molar refractivity (Wildman–Crippen MR) is 140 cm³/mol. The molecule has 1 aliphatic rings. The van der Waals surface area contributed by atoms with Crippen LogP contribution in [0.5, 0.6) is 17.2 Å². The van der Waals surface area contributed by atoms with Crippen LogP contribution in [0, 0.1) is 0 Å². The molecule has 0 radical (unpaired) electrons. The Morgan fingerprint density at radius 1 is 1.13 bits per heavy atom. The topological polar surface area (TPSA) is 130 Å². The number of aliphatic carboxylic acids is 2. The number of carboxylic acids is 2. The first-order valence-corrected chi connectivity index (χ1v) is 12.9. The van der Waals surface area contributed by atoms with Crippen LogP contribution in [0.2, 0.25) is 0 Å². The first-order valence-electron chi connectivity index (χ1n) is 12.0. The summed E-state index contributed by atoms with van der Waals surface area (Å²) in [4.78, 5) is 27.1. The molecule has 12 heteroatoms. The lowest BCUT2D eigenvalue weighted by Gasteiger charge is -2.23. The molecule has 0 saturated heterocycles. The highest BCUT2D eigenvalue weighted by atomic mass is 32.1. The summed E-state index contributed by atoms with van der Waals surface area (Å²) < 4.78 is 32.0. The largest absolute Gasteiger partial charge is 0.482 e. The maximum Gasteiger partial charge on any atom is 0.341 e. The molecule has 1 unspecified atom stereocenters. The molecule has 1 aliphatic heterocycles. The summed E-state index contributed by atoms with van der Waals surface area (Å²) >= 11 is 1.39. The molecule has 0 amide bonds. The standard InChI is InChI=1S/C24H24FN3O7S.C2H6/c25-28(22-9-16-10-27-7-5-21(16)36-22)12-20(35-17-2-1-6-26-11-17)15-3-4-18(33-13-23(29)30)19(8-15)34-14-24(31)32;1-2/h1-4,6,8-9,11,20,27H,5,7,10,12-14H2,(H,29,30)(H,31,32);1-2H3. The molecule has 0 aliphatic carbocycles. The lowest BCUT2D eigenvalue weighted by Crippen LogP contribution is -2.24. The van der Waals surface area contributed by atoms with E-state index in [1.807, 2.05) is 19.9 Å². The van der Waals surface area contributed by atoms with E-state index >= 15 is 4.48 Å². The Morgan fingerprint density at radius 3 is 2.53 bits per heavy atom. The number of nitrogens with one attached hydrogen (secondary N) is 1. The van der Waals surface area contributed by atoms with E-state index in [4.69, 9.17) is 24.4 Å². The van der Waals surface area contributed by atoms with Crippen molar-refractivity contribution in [2.24, 2.45) is 0 Å². The number of carbonyl (C=O) groups is 2. The van der Waals surface area contributed by atoms with Crippen LogP contribution in [0.15, 0.2) is 48.8 Å². The average molecular weight is 548 g/mol. The molecular formula is C26H30FN3O7S. The van der Waals surface area contributed by atoms with E-state index in [0.717, 1.165) is 23.4 Å². The lowest BCUT2D eigenvalue weighted by molar-refractivity contribution is -0.140. The van der Waals surface area contributed by atoms with Gasteiger partial charge in [-0.05, 0) is 47.9 Å². The van der Waals surface area contributed by atoms with Crippen molar-refractivity contribution in [3.63, 3.8) is 0 Å². The minimum atomic E-state index is -1.22. The van der Waals surface area contributed by atoms with E-state index in [9.17, 15) is 9.59 Å². The zero-order valence-electron chi connectivity index (χ0n) is 21.1. The number of anilines is 1. The minimum Gasteiger partial charge on any atom is -0.482 e. The van der Waals surface area contributed by atoms with Gasteiger partial charge in [-0.3, -0.25) is 4.98 Å². The molecule has 10 nitrogen and oxygen atoms in total. The number of aromatic nitrogens is 1. The third kappa shape index (κ3) is 8.05. The highest BCUT2D eigenvalue weighted by Gasteiger charge is 2.24. The smallest absolute Gasteiger partial charge is 0.341 e. The Morgan fingerprint density at radius 2 is 1.87 bits per heavy atom. The van der Waals surface area contributed by atoms with Crippen LogP contribution in [0.3, 0.4) is 0 Å². The molecule has 0 fully saturated rings. The van der Waals surface area contributed by atoms with Gasteiger partial charge in [-0.15, -0.1) is 11.3 Å². The van der Waals surface area contributed by atoms with Crippen molar-refractivity contribution < 1.29 is 38.5 Å². The monoisotopic (exact) mass is 547 g/mol. The molecule has 2 aromatic heterocycles. The average Bonchev–Trinajstić information content (AvgIpc) is 3.37. The molecule has 4 rings (SSSR count). The van der Waals surface area contributed by atoms with E-state index in [2.05, 4.69) is 10.3 Å². The summed E-state index contributed by atoms with van der Waals surface area (Å²) in [6, 6.07) is 9.67. The fourth-order valence-electron chi connectivity index (χ4n) is 3.62. The van der Waals surface area contributed by atoms with E-state index in [0.29, 0.717) is 28.0 Å². The Hall–Kier alpha value is -3.90. The van der Waals surface area contributed by atoms with Gasteiger partial charge in [0, 0.05) is 24.2 Å². The number of pyridine rings is 1. The van der Waals surface area contributed by atoms with Gasteiger partial charge >= 0.3 is 11.9 Å². The van der Waals surface area contributed by atoms with Gasteiger partial charge in [-0.2, -0.15) is 5.12 Å². The van der Waals surface area contributed by atoms with Gasteiger partial charge in [0.05, 0.1) is 12.7 Å². The van der Waals surface area contributed by atoms with Crippen LogP contribution in [0.25, 0.3) is 0 Å². The molecule has 3 heterocycles. The summed E-state index contributed by atoms with van der Waals surface area (Å²) in [6.45, 7) is 4.04. The number of hydrogen-bond donors (Lipinski definition) is 3. The molecule has 38 heavy (non-hydrogen) atoms. The van der Waals surface area contributed by atoms with Gasteiger partial charge in [-0.1, -0.05) is 24.4 Å². The quantitative estimate of drug-likeness (QED) is 0.283. The van der Waals surface area contributed by atoms with Crippen molar-refractivity contribution in [1.29, 1.82) is 0 Å². The summed E-state index contributed by atoms with van der Waals surface area (Å²) in [7, 11) is 0. The van der Waals surface area contributed by atoms with Crippen molar-refractivity contribution >= 4 is 28.3 Å². The number of benzene rings is 1. The predicted octanol–water partition coefficient (Wildman–Crippen LogP) is 4.25. The highest BCUT2D eigenvalue weighted by Crippen LogP contribution is 2.36. The molecular weight excluding hydrogens is 517 g/mol. The summed E-state index contributed by atoms with van der Waals surface area (Å²) in [5, 5.41) is 22.3. The Kier molecular flexibility index (Phi) is 10.7. The molecule has 0 bridgehead atoms. The van der Waals surface area contributed by atoms with E-state index in [1.165, 1.54) is 29.7 Å². The van der Waals surface area contributed by atoms with Gasteiger partial charge in [0.15, 0.2) is 24.7 Å². The minimum absolute atomic E-state index is 0.000920. The third-order valence-electron chi connectivity index (χ3n) is 5.25. The van der Waals surface area contributed by atoms with Gasteiger partial charge < -0.3 is 29.7 Å². The molecule has 3 N–H and O–H groups in total. The number of nitrogens with zero attached hydrogens (tertiary/aromatic N) is 2. The number of thiophene rings is 1. The fourth-order valence-corrected chi connectivity index (χ4v) is 4.71. The molecule has 3 aromatic rings. The fraction of sp³-hybridized carbons (Fsp3) is 0.346. The van der Waals surface area contributed by atoms with Crippen molar-refractivity contribution in [3.05, 3.63) is 64.8 Å². The molecule has 1 aromatic carbocycles. The van der Waals surface area contributed by atoms with Crippen LogP contribution in [-0.4, -0.2) is 53.4 Å². The summed E-state index contributed by atoms with van der Waals surface area (Å²) in [5.74, 6) is -1.98. The van der Waals surface area contributed by atoms with Crippen LogP contribution in [0.4, 0.5) is 9.48 Å². The van der Waals surface area contributed by atoms with Crippen molar-refractivity contribution in [2.45, 2.75) is 32.9 Å². The van der Waals surface area contributed by atoms with Crippen molar-refractivity contribution in [2.75, 3.05) is 31.4 Å². The zero-order chi connectivity index (χ0) is 27.5. The Labute approximate surface area is 223 Å². The molecule has 1 atom stereocenters. The van der Waals surface area contributed by atoms with Crippen LogP contribution in [0.1, 0.15) is 36.0 Å². The molecule has 0 spiro atoms. The SMILES string of the molecule is CC.O=C(O)COc1ccc(C(CN(F)c2cc3c(s2)CCNC3)Oc2cccnc2)cc1OCC(=O)O. The maximum absolute atomic E-state index is 15.4.